The zero-order chi connectivity index (χ0) is 12.3. The highest BCUT2D eigenvalue weighted by Gasteiger charge is 2.17. The smallest absolute Gasteiger partial charge is 0.0364 e. The molecule has 2 rings (SSSR count). The summed E-state index contributed by atoms with van der Waals surface area (Å²) in [7, 11) is 0. The van der Waals surface area contributed by atoms with E-state index in [0.717, 1.165) is 17.9 Å². The fraction of sp³-hybridized carbons (Fsp3) is 0.571. The van der Waals surface area contributed by atoms with Crippen LogP contribution in [-0.4, -0.2) is 30.6 Å². The van der Waals surface area contributed by atoms with E-state index in [4.69, 9.17) is 5.73 Å². The lowest BCUT2D eigenvalue weighted by Gasteiger charge is -2.24. The summed E-state index contributed by atoms with van der Waals surface area (Å²) in [6.07, 6.45) is 2.70. The van der Waals surface area contributed by atoms with Crippen molar-refractivity contribution in [2.45, 2.75) is 32.7 Å². The number of nitrogen functional groups attached to an aromatic ring is 1. The van der Waals surface area contributed by atoms with Crippen LogP contribution in [0.3, 0.4) is 0 Å². The summed E-state index contributed by atoms with van der Waals surface area (Å²) in [6.45, 7) is 7.85. The van der Waals surface area contributed by atoms with E-state index in [1.807, 2.05) is 12.1 Å². The van der Waals surface area contributed by atoms with Crippen LogP contribution < -0.4 is 11.1 Å². The minimum Gasteiger partial charge on any atom is -0.399 e. The zero-order valence-corrected chi connectivity index (χ0v) is 10.9. The van der Waals surface area contributed by atoms with Gasteiger partial charge in [0.2, 0.25) is 0 Å². The molecular weight excluding hydrogens is 210 g/mol. The molecule has 1 aromatic carbocycles. The highest BCUT2D eigenvalue weighted by atomic mass is 15.2. The van der Waals surface area contributed by atoms with Crippen LogP contribution in [0.1, 0.15) is 25.3 Å². The second-order valence-corrected chi connectivity index (χ2v) is 5.11. The summed E-state index contributed by atoms with van der Waals surface area (Å²) in [5.41, 5.74) is 9.01. The fourth-order valence-electron chi connectivity index (χ4n) is 2.49. The van der Waals surface area contributed by atoms with Crippen molar-refractivity contribution in [3.8, 4) is 0 Å². The number of aryl methyl sites for hydroxylation is 1. The quantitative estimate of drug-likeness (QED) is 0.785. The molecule has 1 saturated heterocycles. The molecule has 0 aromatic heterocycles. The number of hydrogen-bond donors (Lipinski definition) is 2. The molecule has 1 unspecified atom stereocenters. The summed E-state index contributed by atoms with van der Waals surface area (Å²) in [5.74, 6) is 0. The Labute approximate surface area is 104 Å². The van der Waals surface area contributed by atoms with Crippen LogP contribution in [0.5, 0.6) is 0 Å². The topological polar surface area (TPSA) is 41.3 Å². The summed E-state index contributed by atoms with van der Waals surface area (Å²) < 4.78 is 0. The van der Waals surface area contributed by atoms with Gasteiger partial charge >= 0.3 is 0 Å². The molecule has 1 fully saturated rings. The van der Waals surface area contributed by atoms with Crippen LogP contribution in [-0.2, 0) is 0 Å². The monoisotopic (exact) mass is 233 g/mol. The van der Waals surface area contributed by atoms with Crippen molar-refractivity contribution in [2.24, 2.45) is 0 Å². The van der Waals surface area contributed by atoms with Crippen molar-refractivity contribution in [1.82, 2.24) is 4.90 Å². The Morgan fingerprint density at radius 2 is 2.00 bits per heavy atom. The molecule has 94 valence electrons. The van der Waals surface area contributed by atoms with Crippen LogP contribution in [0.25, 0.3) is 0 Å². The van der Waals surface area contributed by atoms with E-state index in [1.54, 1.807) is 0 Å². The Hall–Kier alpha value is -1.22. The molecule has 0 amide bonds. The Kier molecular flexibility index (Phi) is 3.89. The van der Waals surface area contributed by atoms with Gasteiger partial charge in [-0.25, -0.2) is 0 Å². The first kappa shape index (κ1) is 12.2. The van der Waals surface area contributed by atoms with Gasteiger partial charge in [-0.1, -0.05) is 0 Å². The molecule has 3 nitrogen and oxygen atoms in total. The summed E-state index contributed by atoms with van der Waals surface area (Å²) in [6, 6.07) is 6.74. The van der Waals surface area contributed by atoms with Gasteiger partial charge in [-0.2, -0.15) is 0 Å². The maximum absolute atomic E-state index is 5.84. The van der Waals surface area contributed by atoms with Crippen molar-refractivity contribution in [3.05, 3.63) is 23.8 Å². The van der Waals surface area contributed by atoms with Crippen molar-refractivity contribution >= 4 is 11.4 Å². The third kappa shape index (κ3) is 3.37. The molecule has 1 aliphatic heterocycles. The molecule has 1 atom stereocenters. The molecule has 1 aromatic rings. The maximum atomic E-state index is 5.84. The normalized spacial score (nSPS) is 18.2. The lowest BCUT2D eigenvalue weighted by atomic mass is 10.2. The number of nitrogens with zero attached hydrogens (tertiary/aromatic N) is 1. The van der Waals surface area contributed by atoms with E-state index in [2.05, 4.69) is 30.1 Å². The van der Waals surface area contributed by atoms with Crippen LogP contribution in [0.15, 0.2) is 18.2 Å². The van der Waals surface area contributed by atoms with Gasteiger partial charge in [0.1, 0.15) is 0 Å². The molecule has 3 N–H and O–H groups in total. The van der Waals surface area contributed by atoms with Crippen LogP contribution in [0.4, 0.5) is 11.4 Å². The van der Waals surface area contributed by atoms with Crippen molar-refractivity contribution in [3.63, 3.8) is 0 Å². The predicted octanol–water partition coefficient (Wildman–Crippen LogP) is 2.47. The molecule has 0 radical (unpaired) electrons. The number of rotatable bonds is 4. The summed E-state index contributed by atoms with van der Waals surface area (Å²) in [5, 5.41) is 3.48. The second-order valence-electron chi connectivity index (χ2n) is 5.11. The molecule has 0 spiro atoms. The van der Waals surface area contributed by atoms with Crippen LogP contribution in [0.2, 0.25) is 0 Å². The molecule has 1 heterocycles. The summed E-state index contributed by atoms with van der Waals surface area (Å²) >= 11 is 0. The average molecular weight is 233 g/mol. The largest absolute Gasteiger partial charge is 0.399 e. The van der Waals surface area contributed by atoms with Gasteiger partial charge in [0, 0.05) is 24.0 Å². The minimum absolute atomic E-state index is 0.597. The molecule has 0 bridgehead atoms. The summed E-state index contributed by atoms with van der Waals surface area (Å²) in [4.78, 5) is 2.55. The minimum atomic E-state index is 0.597. The zero-order valence-electron chi connectivity index (χ0n) is 10.9. The molecule has 0 saturated carbocycles. The lowest BCUT2D eigenvalue weighted by Crippen LogP contribution is -2.35. The van der Waals surface area contributed by atoms with Crippen molar-refractivity contribution in [2.75, 3.05) is 30.7 Å². The van der Waals surface area contributed by atoms with Gasteiger partial charge in [-0.05, 0) is 63.5 Å². The number of nitrogens with two attached hydrogens (primary N) is 1. The maximum Gasteiger partial charge on any atom is 0.0364 e. The highest BCUT2D eigenvalue weighted by molar-refractivity contribution is 5.56. The van der Waals surface area contributed by atoms with E-state index in [-0.39, 0.29) is 0 Å². The number of likely N-dealkylation sites (tertiary alicyclic amines) is 1. The van der Waals surface area contributed by atoms with Gasteiger partial charge in [0.25, 0.3) is 0 Å². The first-order valence-electron chi connectivity index (χ1n) is 6.50. The number of anilines is 2. The van der Waals surface area contributed by atoms with E-state index < -0.39 is 0 Å². The van der Waals surface area contributed by atoms with E-state index in [0.29, 0.717) is 6.04 Å². The molecule has 17 heavy (non-hydrogen) atoms. The Morgan fingerprint density at radius 1 is 1.29 bits per heavy atom. The van der Waals surface area contributed by atoms with Gasteiger partial charge in [-0.3, -0.25) is 4.90 Å². The molecule has 0 aliphatic carbocycles. The first-order valence-corrected chi connectivity index (χ1v) is 6.50. The number of benzene rings is 1. The average Bonchev–Trinajstić information content (AvgIpc) is 2.78. The number of nitrogens with one attached hydrogen (secondary N) is 1. The predicted molar refractivity (Wildman–Crippen MR) is 74.4 cm³/mol. The van der Waals surface area contributed by atoms with E-state index in [1.165, 1.54) is 31.5 Å². The Morgan fingerprint density at radius 3 is 2.65 bits per heavy atom. The van der Waals surface area contributed by atoms with Gasteiger partial charge in [-0.15, -0.1) is 0 Å². The standard InChI is InChI=1S/C14H23N3/c1-11-7-13(15)9-14(8-11)16-10-12(2)17-5-3-4-6-17/h7-9,12,16H,3-6,10,15H2,1-2H3. The third-order valence-corrected chi connectivity index (χ3v) is 3.47. The Balaban J connectivity index is 1.88. The van der Waals surface area contributed by atoms with Crippen LogP contribution >= 0.6 is 0 Å². The lowest BCUT2D eigenvalue weighted by molar-refractivity contribution is 0.269. The van der Waals surface area contributed by atoms with Gasteiger partial charge in [0.15, 0.2) is 0 Å². The number of hydrogen-bond acceptors (Lipinski definition) is 3. The van der Waals surface area contributed by atoms with E-state index in [9.17, 15) is 0 Å². The fourth-order valence-corrected chi connectivity index (χ4v) is 2.49. The second kappa shape index (κ2) is 5.41. The molecule has 3 heteroatoms. The Bertz CT molecular complexity index is 349. The van der Waals surface area contributed by atoms with E-state index >= 15 is 0 Å². The first-order chi connectivity index (χ1) is 8.15. The van der Waals surface area contributed by atoms with Crippen molar-refractivity contribution in [1.29, 1.82) is 0 Å². The van der Waals surface area contributed by atoms with Crippen LogP contribution in [0, 0.1) is 6.92 Å². The molecule has 1 aliphatic rings. The van der Waals surface area contributed by atoms with Crippen molar-refractivity contribution < 1.29 is 0 Å². The van der Waals surface area contributed by atoms with Gasteiger partial charge < -0.3 is 11.1 Å². The third-order valence-electron chi connectivity index (χ3n) is 3.47. The highest BCUT2D eigenvalue weighted by Crippen LogP contribution is 2.17. The van der Waals surface area contributed by atoms with Gasteiger partial charge in [0.05, 0.1) is 0 Å². The molecular formula is C14H23N3. The SMILES string of the molecule is Cc1cc(N)cc(NCC(C)N2CCCC2)c1.